The highest BCUT2D eigenvalue weighted by Gasteiger charge is 2.34. The van der Waals surface area contributed by atoms with Crippen molar-refractivity contribution >= 4 is 5.82 Å². The minimum Gasteiger partial charge on any atom is -0.393 e. The molecule has 2 aromatic rings. The van der Waals surface area contributed by atoms with E-state index in [1.807, 2.05) is 6.07 Å². The molecule has 1 aliphatic heterocycles. The molecule has 5 heteroatoms. The number of benzene rings is 1. The van der Waals surface area contributed by atoms with E-state index >= 15 is 0 Å². The average molecular weight is 339 g/mol. The smallest absolute Gasteiger partial charge is 0.129 e. The zero-order valence-corrected chi connectivity index (χ0v) is 14.4. The molecule has 0 radical (unpaired) electrons. The zero-order valence-electron chi connectivity index (χ0n) is 14.4. The maximum Gasteiger partial charge on any atom is 0.129 e. The van der Waals surface area contributed by atoms with Gasteiger partial charge in [0.1, 0.15) is 12.1 Å². The standard InChI is InChI=1S/C20H25N3O2/c24-17-10-15(11-17)18-12-19(23-14-22-18)21-13-20(6-8-25-9-7-20)16-4-2-1-3-5-16/h1-5,12,14-15,17,24H,6-11,13H2,(H,21,22,23). The van der Waals surface area contributed by atoms with Crippen LogP contribution in [0.5, 0.6) is 0 Å². The summed E-state index contributed by atoms with van der Waals surface area (Å²) in [6.45, 7) is 2.43. The van der Waals surface area contributed by atoms with Gasteiger partial charge in [0.15, 0.2) is 0 Å². The van der Waals surface area contributed by atoms with Crippen LogP contribution in [-0.2, 0) is 10.2 Å². The zero-order chi connectivity index (χ0) is 17.1. The fraction of sp³-hybridized carbons (Fsp3) is 0.500. The quantitative estimate of drug-likeness (QED) is 0.877. The third-order valence-corrected chi connectivity index (χ3v) is 5.66. The van der Waals surface area contributed by atoms with Crippen molar-refractivity contribution in [2.45, 2.75) is 43.1 Å². The Labute approximate surface area is 148 Å². The summed E-state index contributed by atoms with van der Waals surface area (Å²) in [6.07, 6.45) is 5.10. The van der Waals surface area contributed by atoms with E-state index in [0.717, 1.165) is 57.0 Å². The molecule has 1 aromatic heterocycles. The molecule has 0 bridgehead atoms. The second-order valence-corrected chi connectivity index (χ2v) is 7.26. The van der Waals surface area contributed by atoms with Gasteiger partial charge < -0.3 is 15.2 Å². The lowest BCUT2D eigenvalue weighted by Crippen LogP contribution is -2.40. The van der Waals surface area contributed by atoms with Crippen LogP contribution in [-0.4, -0.2) is 40.9 Å². The van der Waals surface area contributed by atoms with E-state index in [-0.39, 0.29) is 11.5 Å². The SMILES string of the molecule is OC1CC(c2cc(NCC3(c4ccccc4)CCOCC3)ncn2)C1. The predicted molar refractivity (Wildman–Crippen MR) is 96.7 cm³/mol. The number of aliphatic hydroxyl groups is 1. The van der Waals surface area contributed by atoms with Gasteiger partial charge in [-0.25, -0.2) is 9.97 Å². The van der Waals surface area contributed by atoms with Crippen LogP contribution in [0.25, 0.3) is 0 Å². The molecule has 1 aliphatic carbocycles. The van der Waals surface area contributed by atoms with Crippen molar-refractivity contribution < 1.29 is 9.84 Å². The summed E-state index contributed by atoms with van der Waals surface area (Å²) in [4.78, 5) is 8.78. The normalized spacial score (nSPS) is 25.2. The molecule has 2 aliphatic rings. The number of hydrogen-bond acceptors (Lipinski definition) is 5. The highest BCUT2D eigenvalue weighted by molar-refractivity contribution is 5.39. The molecule has 0 atom stereocenters. The summed E-state index contributed by atoms with van der Waals surface area (Å²) in [7, 11) is 0. The van der Waals surface area contributed by atoms with E-state index in [9.17, 15) is 5.11 Å². The molecule has 5 nitrogen and oxygen atoms in total. The highest BCUT2D eigenvalue weighted by atomic mass is 16.5. The molecule has 0 unspecified atom stereocenters. The maximum atomic E-state index is 9.51. The molecule has 2 N–H and O–H groups in total. The number of aromatic nitrogens is 2. The molecular formula is C20H25N3O2. The van der Waals surface area contributed by atoms with Gasteiger partial charge in [-0.3, -0.25) is 0 Å². The summed E-state index contributed by atoms with van der Waals surface area (Å²) in [5.41, 5.74) is 2.47. The van der Waals surface area contributed by atoms with Crippen LogP contribution in [0, 0.1) is 0 Å². The largest absolute Gasteiger partial charge is 0.393 e. The number of ether oxygens (including phenoxy) is 1. The van der Waals surface area contributed by atoms with Crippen LogP contribution in [0.4, 0.5) is 5.82 Å². The van der Waals surface area contributed by atoms with Crippen molar-refractivity contribution in [2.75, 3.05) is 25.1 Å². The van der Waals surface area contributed by atoms with E-state index in [1.165, 1.54) is 5.56 Å². The molecule has 4 rings (SSSR count). The molecule has 25 heavy (non-hydrogen) atoms. The average Bonchev–Trinajstić information content (AvgIpc) is 2.66. The van der Waals surface area contributed by atoms with E-state index in [2.05, 4.69) is 45.6 Å². The Morgan fingerprint density at radius 2 is 1.88 bits per heavy atom. The predicted octanol–water partition coefficient (Wildman–Crippen LogP) is 2.88. The fourth-order valence-corrected chi connectivity index (χ4v) is 3.90. The topological polar surface area (TPSA) is 67.3 Å². The first-order chi connectivity index (χ1) is 12.3. The molecule has 0 amide bonds. The number of nitrogens with zero attached hydrogens (tertiary/aromatic N) is 2. The first kappa shape index (κ1) is 16.5. The van der Waals surface area contributed by atoms with Crippen molar-refractivity contribution in [1.82, 2.24) is 9.97 Å². The maximum absolute atomic E-state index is 9.51. The molecule has 2 fully saturated rings. The lowest BCUT2D eigenvalue weighted by molar-refractivity contribution is 0.0543. The summed E-state index contributed by atoms with van der Waals surface area (Å²) in [5, 5.41) is 13.1. The van der Waals surface area contributed by atoms with Gasteiger partial charge in [-0.15, -0.1) is 0 Å². The first-order valence-electron chi connectivity index (χ1n) is 9.12. The fourth-order valence-electron chi connectivity index (χ4n) is 3.90. The number of anilines is 1. The Balaban J connectivity index is 1.49. The Hall–Kier alpha value is -1.98. The monoisotopic (exact) mass is 339 g/mol. The molecule has 2 heterocycles. The Bertz CT molecular complexity index is 695. The van der Waals surface area contributed by atoms with E-state index < -0.39 is 0 Å². The van der Waals surface area contributed by atoms with Crippen LogP contribution < -0.4 is 5.32 Å². The van der Waals surface area contributed by atoms with Crippen LogP contribution in [0.1, 0.15) is 42.9 Å². The minimum absolute atomic E-state index is 0.0806. The molecule has 1 saturated carbocycles. The summed E-state index contributed by atoms with van der Waals surface area (Å²) < 4.78 is 5.60. The Morgan fingerprint density at radius 1 is 1.12 bits per heavy atom. The van der Waals surface area contributed by atoms with Crippen molar-refractivity contribution in [1.29, 1.82) is 0 Å². The van der Waals surface area contributed by atoms with Crippen molar-refractivity contribution in [2.24, 2.45) is 0 Å². The Kier molecular flexibility index (Phi) is 4.68. The van der Waals surface area contributed by atoms with Crippen molar-refractivity contribution in [3.05, 3.63) is 54.0 Å². The number of nitrogens with one attached hydrogen (secondary N) is 1. The summed E-state index contributed by atoms with van der Waals surface area (Å²) in [5.74, 6) is 1.23. The van der Waals surface area contributed by atoms with Gasteiger partial charge >= 0.3 is 0 Å². The second-order valence-electron chi connectivity index (χ2n) is 7.26. The van der Waals surface area contributed by atoms with Crippen LogP contribution in [0.3, 0.4) is 0 Å². The number of aliphatic hydroxyl groups excluding tert-OH is 1. The van der Waals surface area contributed by atoms with Gasteiger partial charge in [-0.05, 0) is 31.2 Å². The lowest BCUT2D eigenvalue weighted by Gasteiger charge is -2.38. The minimum atomic E-state index is -0.167. The van der Waals surface area contributed by atoms with Crippen LogP contribution in [0.2, 0.25) is 0 Å². The second kappa shape index (κ2) is 7.10. The molecule has 0 spiro atoms. The summed E-state index contributed by atoms with van der Waals surface area (Å²) >= 11 is 0. The van der Waals surface area contributed by atoms with Gasteiger partial charge in [0, 0.05) is 42.9 Å². The highest BCUT2D eigenvalue weighted by Crippen LogP contribution is 2.37. The van der Waals surface area contributed by atoms with E-state index in [0.29, 0.717) is 5.92 Å². The number of hydrogen-bond donors (Lipinski definition) is 2. The van der Waals surface area contributed by atoms with Crippen molar-refractivity contribution in [3.63, 3.8) is 0 Å². The number of rotatable bonds is 5. The Morgan fingerprint density at radius 3 is 2.60 bits per heavy atom. The first-order valence-corrected chi connectivity index (χ1v) is 9.12. The molecular weight excluding hydrogens is 314 g/mol. The third kappa shape index (κ3) is 3.53. The molecule has 1 aromatic carbocycles. The van der Waals surface area contributed by atoms with E-state index in [4.69, 9.17) is 4.74 Å². The van der Waals surface area contributed by atoms with Gasteiger partial charge in [0.2, 0.25) is 0 Å². The molecule has 132 valence electrons. The third-order valence-electron chi connectivity index (χ3n) is 5.66. The van der Waals surface area contributed by atoms with Gasteiger partial charge in [0.05, 0.1) is 6.10 Å². The lowest BCUT2D eigenvalue weighted by atomic mass is 9.74. The van der Waals surface area contributed by atoms with Crippen LogP contribution in [0.15, 0.2) is 42.7 Å². The summed E-state index contributed by atoms with van der Waals surface area (Å²) in [6, 6.07) is 12.7. The van der Waals surface area contributed by atoms with Gasteiger partial charge in [-0.1, -0.05) is 30.3 Å². The van der Waals surface area contributed by atoms with Gasteiger partial charge in [-0.2, -0.15) is 0 Å². The van der Waals surface area contributed by atoms with Crippen LogP contribution >= 0.6 is 0 Å². The van der Waals surface area contributed by atoms with E-state index in [1.54, 1.807) is 6.33 Å². The molecule has 1 saturated heterocycles. The van der Waals surface area contributed by atoms with Crippen molar-refractivity contribution in [3.8, 4) is 0 Å². The van der Waals surface area contributed by atoms with Gasteiger partial charge in [0.25, 0.3) is 0 Å².